The van der Waals surface area contributed by atoms with Crippen LogP contribution in [0.3, 0.4) is 0 Å². The number of nitrogens with one attached hydrogen (secondary N) is 1. The SMILES string of the molecule is COCCOc1cccc(NCc2cccc(OCC(C)C)c2)c1. The number of ether oxygens (including phenoxy) is 3. The van der Waals surface area contributed by atoms with Crippen LogP contribution in [0.1, 0.15) is 19.4 Å². The normalized spacial score (nSPS) is 10.7. The Morgan fingerprint density at radius 1 is 0.917 bits per heavy atom. The number of rotatable bonds is 10. The molecular weight excluding hydrogens is 302 g/mol. The molecule has 130 valence electrons. The molecule has 4 nitrogen and oxygen atoms in total. The lowest BCUT2D eigenvalue weighted by molar-refractivity contribution is 0.146. The zero-order chi connectivity index (χ0) is 17.2. The monoisotopic (exact) mass is 329 g/mol. The van der Waals surface area contributed by atoms with E-state index in [4.69, 9.17) is 14.2 Å². The van der Waals surface area contributed by atoms with Crippen molar-refractivity contribution in [1.29, 1.82) is 0 Å². The molecule has 0 saturated heterocycles. The molecule has 1 N–H and O–H groups in total. The first-order chi connectivity index (χ1) is 11.7. The van der Waals surface area contributed by atoms with Gasteiger partial charge in [-0.1, -0.05) is 32.0 Å². The summed E-state index contributed by atoms with van der Waals surface area (Å²) in [5, 5.41) is 3.42. The summed E-state index contributed by atoms with van der Waals surface area (Å²) in [6.45, 7) is 6.90. The fourth-order valence-corrected chi connectivity index (χ4v) is 2.15. The van der Waals surface area contributed by atoms with Gasteiger partial charge >= 0.3 is 0 Å². The predicted octanol–water partition coefficient (Wildman–Crippen LogP) is 4.36. The molecule has 0 aliphatic rings. The number of methoxy groups -OCH3 is 1. The van der Waals surface area contributed by atoms with Crippen molar-refractivity contribution in [2.45, 2.75) is 20.4 Å². The molecule has 0 fully saturated rings. The Bertz CT molecular complexity index is 613. The van der Waals surface area contributed by atoms with Crippen LogP contribution in [0.4, 0.5) is 5.69 Å². The smallest absolute Gasteiger partial charge is 0.121 e. The molecule has 0 unspecified atom stereocenters. The van der Waals surface area contributed by atoms with E-state index in [2.05, 4.69) is 31.3 Å². The number of hydrogen-bond acceptors (Lipinski definition) is 4. The summed E-state index contributed by atoms with van der Waals surface area (Å²) in [6.07, 6.45) is 0. The number of benzene rings is 2. The van der Waals surface area contributed by atoms with E-state index in [0.29, 0.717) is 19.1 Å². The summed E-state index contributed by atoms with van der Waals surface area (Å²) in [6, 6.07) is 16.1. The Labute approximate surface area is 144 Å². The average Bonchev–Trinajstić information content (AvgIpc) is 2.59. The highest BCUT2D eigenvalue weighted by molar-refractivity contribution is 5.48. The maximum atomic E-state index is 5.77. The number of anilines is 1. The fraction of sp³-hybridized carbons (Fsp3) is 0.400. The van der Waals surface area contributed by atoms with Gasteiger partial charge in [-0.2, -0.15) is 0 Å². The Balaban J connectivity index is 1.88. The molecule has 0 heterocycles. The van der Waals surface area contributed by atoms with Gasteiger partial charge in [0.2, 0.25) is 0 Å². The molecule has 0 saturated carbocycles. The molecule has 2 rings (SSSR count). The van der Waals surface area contributed by atoms with Crippen molar-refractivity contribution in [2.24, 2.45) is 5.92 Å². The van der Waals surface area contributed by atoms with Gasteiger partial charge < -0.3 is 19.5 Å². The van der Waals surface area contributed by atoms with Gasteiger partial charge in [-0.05, 0) is 35.7 Å². The molecule has 2 aromatic carbocycles. The summed E-state index contributed by atoms with van der Waals surface area (Å²) in [5.74, 6) is 2.28. The molecule has 2 aromatic rings. The standard InChI is InChI=1S/C20H27NO3/c1-16(2)15-24-19-8-4-6-17(12-19)14-21-18-7-5-9-20(13-18)23-11-10-22-3/h4-9,12-13,16,21H,10-11,14-15H2,1-3H3. The van der Waals surface area contributed by atoms with Crippen LogP contribution in [0.2, 0.25) is 0 Å². The highest BCUT2D eigenvalue weighted by Crippen LogP contribution is 2.19. The molecule has 0 aliphatic heterocycles. The lowest BCUT2D eigenvalue weighted by Gasteiger charge is -2.12. The first-order valence-corrected chi connectivity index (χ1v) is 8.35. The van der Waals surface area contributed by atoms with Gasteiger partial charge in [-0.15, -0.1) is 0 Å². The van der Waals surface area contributed by atoms with Crippen molar-refractivity contribution >= 4 is 5.69 Å². The van der Waals surface area contributed by atoms with Crippen LogP contribution in [-0.2, 0) is 11.3 Å². The minimum atomic E-state index is 0.521. The lowest BCUT2D eigenvalue weighted by Crippen LogP contribution is -2.06. The topological polar surface area (TPSA) is 39.7 Å². The van der Waals surface area contributed by atoms with E-state index in [1.807, 2.05) is 36.4 Å². The van der Waals surface area contributed by atoms with Crippen molar-refractivity contribution in [1.82, 2.24) is 0 Å². The molecule has 0 bridgehead atoms. The van der Waals surface area contributed by atoms with Crippen LogP contribution < -0.4 is 14.8 Å². The third-order valence-corrected chi connectivity index (χ3v) is 3.37. The van der Waals surface area contributed by atoms with Gasteiger partial charge in [0.15, 0.2) is 0 Å². The van der Waals surface area contributed by atoms with E-state index < -0.39 is 0 Å². The summed E-state index contributed by atoms with van der Waals surface area (Å²) >= 11 is 0. The van der Waals surface area contributed by atoms with Gasteiger partial charge in [0, 0.05) is 25.4 Å². The fourth-order valence-electron chi connectivity index (χ4n) is 2.15. The van der Waals surface area contributed by atoms with Gasteiger partial charge in [0.25, 0.3) is 0 Å². The van der Waals surface area contributed by atoms with Gasteiger partial charge in [0.1, 0.15) is 18.1 Å². The van der Waals surface area contributed by atoms with E-state index in [9.17, 15) is 0 Å². The van der Waals surface area contributed by atoms with E-state index >= 15 is 0 Å². The van der Waals surface area contributed by atoms with E-state index in [1.54, 1.807) is 7.11 Å². The van der Waals surface area contributed by atoms with Crippen LogP contribution in [-0.4, -0.2) is 26.9 Å². The highest BCUT2D eigenvalue weighted by atomic mass is 16.5. The maximum absolute atomic E-state index is 5.77. The van der Waals surface area contributed by atoms with E-state index in [-0.39, 0.29) is 0 Å². The molecule has 0 aliphatic carbocycles. The highest BCUT2D eigenvalue weighted by Gasteiger charge is 2.01. The van der Waals surface area contributed by atoms with Crippen LogP contribution in [0.5, 0.6) is 11.5 Å². The zero-order valence-corrected chi connectivity index (χ0v) is 14.7. The van der Waals surface area contributed by atoms with Crippen LogP contribution >= 0.6 is 0 Å². The van der Waals surface area contributed by atoms with Crippen molar-refractivity contribution in [3.63, 3.8) is 0 Å². The lowest BCUT2D eigenvalue weighted by atomic mass is 10.2. The Morgan fingerprint density at radius 3 is 2.42 bits per heavy atom. The second-order valence-corrected chi connectivity index (χ2v) is 6.07. The van der Waals surface area contributed by atoms with E-state index in [0.717, 1.165) is 30.3 Å². The summed E-state index contributed by atoms with van der Waals surface area (Å²) in [5.41, 5.74) is 2.21. The number of hydrogen-bond donors (Lipinski definition) is 1. The van der Waals surface area contributed by atoms with Crippen molar-refractivity contribution in [3.8, 4) is 11.5 Å². The van der Waals surface area contributed by atoms with Crippen molar-refractivity contribution in [3.05, 3.63) is 54.1 Å². The predicted molar refractivity (Wildman–Crippen MR) is 97.9 cm³/mol. The average molecular weight is 329 g/mol. The second-order valence-electron chi connectivity index (χ2n) is 6.07. The first kappa shape index (κ1) is 18.1. The van der Waals surface area contributed by atoms with Crippen LogP contribution in [0.15, 0.2) is 48.5 Å². The molecule has 0 amide bonds. The molecule has 0 aromatic heterocycles. The largest absolute Gasteiger partial charge is 0.493 e. The quantitative estimate of drug-likeness (QED) is 0.658. The molecular formula is C20H27NO3. The molecule has 0 atom stereocenters. The van der Waals surface area contributed by atoms with Crippen LogP contribution in [0.25, 0.3) is 0 Å². The molecule has 0 spiro atoms. The summed E-state index contributed by atoms with van der Waals surface area (Å²) < 4.78 is 16.4. The Morgan fingerprint density at radius 2 is 1.67 bits per heavy atom. The Hall–Kier alpha value is -2.20. The molecule has 4 heteroatoms. The summed E-state index contributed by atoms with van der Waals surface area (Å²) in [4.78, 5) is 0. The van der Waals surface area contributed by atoms with Gasteiger partial charge in [-0.3, -0.25) is 0 Å². The van der Waals surface area contributed by atoms with Gasteiger partial charge in [0.05, 0.1) is 13.2 Å². The minimum absolute atomic E-state index is 0.521. The summed E-state index contributed by atoms with van der Waals surface area (Å²) in [7, 11) is 1.67. The first-order valence-electron chi connectivity index (χ1n) is 8.35. The second kappa shape index (κ2) is 9.83. The van der Waals surface area contributed by atoms with Crippen molar-refractivity contribution in [2.75, 3.05) is 32.2 Å². The zero-order valence-electron chi connectivity index (χ0n) is 14.7. The molecule has 0 radical (unpaired) electrons. The van der Waals surface area contributed by atoms with Crippen molar-refractivity contribution < 1.29 is 14.2 Å². The minimum Gasteiger partial charge on any atom is -0.493 e. The third-order valence-electron chi connectivity index (χ3n) is 3.37. The molecule has 24 heavy (non-hydrogen) atoms. The van der Waals surface area contributed by atoms with Crippen LogP contribution in [0, 0.1) is 5.92 Å². The maximum Gasteiger partial charge on any atom is 0.121 e. The van der Waals surface area contributed by atoms with Gasteiger partial charge in [-0.25, -0.2) is 0 Å². The third kappa shape index (κ3) is 6.50. The van der Waals surface area contributed by atoms with E-state index in [1.165, 1.54) is 5.56 Å². The Kier molecular flexibility index (Phi) is 7.43.